The topological polar surface area (TPSA) is 50.4 Å². The molecule has 0 amide bonds. The summed E-state index contributed by atoms with van der Waals surface area (Å²) < 4.78 is 5.29. The minimum atomic E-state index is -0.165. The predicted molar refractivity (Wildman–Crippen MR) is 120 cm³/mol. The maximum Gasteiger partial charge on any atom is 0.163 e. The summed E-state index contributed by atoms with van der Waals surface area (Å²) in [5, 5.41) is 7.20. The van der Waals surface area contributed by atoms with Crippen LogP contribution < -0.4 is 15.4 Å². The molecule has 4 nitrogen and oxygen atoms in total. The van der Waals surface area contributed by atoms with Gasteiger partial charge in [0, 0.05) is 17.7 Å². The molecule has 30 heavy (non-hydrogen) atoms. The van der Waals surface area contributed by atoms with Gasteiger partial charge >= 0.3 is 0 Å². The maximum atomic E-state index is 13.5. The van der Waals surface area contributed by atoms with Crippen LogP contribution in [0.2, 0.25) is 0 Å². The fourth-order valence-corrected chi connectivity index (χ4v) is 4.50. The summed E-state index contributed by atoms with van der Waals surface area (Å²) in [6.45, 7) is 0. The maximum absolute atomic E-state index is 13.5. The summed E-state index contributed by atoms with van der Waals surface area (Å²) in [5.41, 5.74) is 6.14. The Labute approximate surface area is 176 Å². The molecule has 5 rings (SSSR count). The van der Waals surface area contributed by atoms with Crippen molar-refractivity contribution >= 4 is 17.2 Å². The minimum Gasteiger partial charge on any atom is -0.497 e. The van der Waals surface area contributed by atoms with Crippen molar-refractivity contribution in [2.75, 3.05) is 17.7 Å². The van der Waals surface area contributed by atoms with Gasteiger partial charge in [0.05, 0.1) is 24.5 Å². The van der Waals surface area contributed by atoms with Crippen LogP contribution in [0.15, 0.2) is 90.1 Å². The number of hydrogen-bond acceptors (Lipinski definition) is 4. The molecule has 3 aromatic rings. The van der Waals surface area contributed by atoms with Crippen LogP contribution in [0.25, 0.3) is 0 Å². The zero-order chi connectivity index (χ0) is 20.5. The van der Waals surface area contributed by atoms with E-state index in [2.05, 4.69) is 47.0 Å². The first kappa shape index (κ1) is 18.5. The lowest BCUT2D eigenvalue weighted by atomic mass is 9.78. The first-order valence-electron chi connectivity index (χ1n) is 10.3. The molecule has 2 N–H and O–H groups in total. The molecule has 0 saturated carbocycles. The van der Waals surface area contributed by atoms with E-state index in [1.54, 1.807) is 7.11 Å². The van der Waals surface area contributed by atoms with Crippen molar-refractivity contribution in [3.8, 4) is 5.75 Å². The molecule has 0 unspecified atom stereocenters. The van der Waals surface area contributed by atoms with Crippen LogP contribution in [0.3, 0.4) is 0 Å². The summed E-state index contributed by atoms with van der Waals surface area (Å²) >= 11 is 0. The van der Waals surface area contributed by atoms with Gasteiger partial charge in [0.15, 0.2) is 5.78 Å². The average molecular weight is 396 g/mol. The summed E-state index contributed by atoms with van der Waals surface area (Å²) in [4.78, 5) is 13.5. The van der Waals surface area contributed by atoms with Gasteiger partial charge in [0.1, 0.15) is 5.75 Å². The number of anilines is 2. The summed E-state index contributed by atoms with van der Waals surface area (Å²) in [7, 11) is 1.67. The van der Waals surface area contributed by atoms with E-state index >= 15 is 0 Å². The van der Waals surface area contributed by atoms with Crippen molar-refractivity contribution in [3.05, 3.63) is 101 Å². The van der Waals surface area contributed by atoms with E-state index in [1.807, 2.05) is 42.5 Å². The molecular weight excluding hydrogens is 372 g/mol. The van der Waals surface area contributed by atoms with Gasteiger partial charge in [-0.05, 0) is 47.7 Å². The zero-order valence-electron chi connectivity index (χ0n) is 16.9. The van der Waals surface area contributed by atoms with Gasteiger partial charge in [-0.25, -0.2) is 0 Å². The third kappa shape index (κ3) is 3.35. The number of Topliss-reactive ketones (excluding diaryl/α,β-unsaturated/α-hetero) is 1. The third-order valence-electron chi connectivity index (χ3n) is 6.03. The lowest BCUT2D eigenvalue weighted by Gasteiger charge is -2.30. The summed E-state index contributed by atoms with van der Waals surface area (Å²) in [6, 6.07) is 26.3. The molecule has 0 aromatic heterocycles. The van der Waals surface area contributed by atoms with Crippen molar-refractivity contribution in [1.82, 2.24) is 0 Å². The minimum absolute atomic E-state index is 0.149. The number of carbonyl (C=O) groups is 1. The SMILES string of the molecule is COc1ccc([C@@H]2CC(=O)C3=C(C2)Nc2ccccc2N[C@@H]3c2ccccc2)cc1. The molecule has 2 atom stereocenters. The van der Waals surface area contributed by atoms with Crippen molar-refractivity contribution < 1.29 is 9.53 Å². The van der Waals surface area contributed by atoms with Crippen molar-refractivity contribution in [2.45, 2.75) is 24.8 Å². The molecule has 3 aromatic carbocycles. The van der Waals surface area contributed by atoms with Crippen LogP contribution in [-0.2, 0) is 4.79 Å². The van der Waals surface area contributed by atoms with E-state index in [-0.39, 0.29) is 17.7 Å². The largest absolute Gasteiger partial charge is 0.497 e. The quantitative estimate of drug-likeness (QED) is 0.598. The van der Waals surface area contributed by atoms with E-state index in [1.165, 1.54) is 5.56 Å². The zero-order valence-corrected chi connectivity index (χ0v) is 16.9. The van der Waals surface area contributed by atoms with E-state index < -0.39 is 0 Å². The molecular formula is C26H24N2O2. The number of hydrogen-bond donors (Lipinski definition) is 2. The third-order valence-corrected chi connectivity index (χ3v) is 6.03. The molecule has 1 aliphatic heterocycles. The Hall–Kier alpha value is -3.53. The highest BCUT2D eigenvalue weighted by Gasteiger charge is 2.35. The fraction of sp³-hybridized carbons (Fsp3) is 0.192. The first-order chi connectivity index (χ1) is 14.7. The van der Waals surface area contributed by atoms with E-state index in [4.69, 9.17) is 4.74 Å². The van der Waals surface area contributed by atoms with Crippen molar-refractivity contribution in [3.63, 3.8) is 0 Å². The Bertz CT molecular complexity index is 1100. The number of methoxy groups -OCH3 is 1. The molecule has 0 spiro atoms. The molecule has 4 heteroatoms. The van der Waals surface area contributed by atoms with Crippen LogP contribution >= 0.6 is 0 Å². The molecule has 0 fully saturated rings. The molecule has 2 aliphatic rings. The Morgan fingerprint density at radius 3 is 2.23 bits per heavy atom. The number of benzene rings is 3. The number of carbonyl (C=O) groups excluding carboxylic acids is 1. The van der Waals surface area contributed by atoms with Crippen molar-refractivity contribution in [1.29, 1.82) is 0 Å². The molecule has 1 heterocycles. The Morgan fingerprint density at radius 1 is 0.800 bits per heavy atom. The Balaban J connectivity index is 1.57. The van der Waals surface area contributed by atoms with Gasteiger partial charge in [0.2, 0.25) is 0 Å². The average Bonchev–Trinajstić information content (AvgIpc) is 2.96. The van der Waals surface area contributed by atoms with E-state index in [0.29, 0.717) is 6.42 Å². The second-order valence-corrected chi connectivity index (χ2v) is 7.85. The fourth-order valence-electron chi connectivity index (χ4n) is 4.50. The standard InChI is InChI=1S/C26H24N2O2/c1-30-20-13-11-17(12-14-20)19-15-23-25(24(29)16-19)26(18-7-3-2-4-8-18)28-22-10-6-5-9-21(22)27-23/h2-14,19,26-28H,15-16H2,1H3/t19-,26+/m0/s1. The van der Waals surface area contributed by atoms with Gasteiger partial charge < -0.3 is 15.4 Å². The number of nitrogens with one attached hydrogen (secondary N) is 2. The second-order valence-electron chi connectivity index (χ2n) is 7.85. The van der Waals surface area contributed by atoms with E-state index in [0.717, 1.165) is 40.4 Å². The Morgan fingerprint density at radius 2 is 1.50 bits per heavy atom. The number of fused-ring (bicyclic) bond motifs is 1. The molecule has 0 bridgehead atoms. The van der Waals surface area contributed by atoms with Crippen molar-refractivity contribution in [2.24, 2.45) is 0 Å². The normalized spacial score (nSPS) is 20.4. The second kappa shape index (κ2) is 7.71. The lowest BCUT2D eigenvalue weighted by molar-refractivity contribution is -0.116. The number of rotatable bonds is 3. The smallest absolute Gasteiger partial charge is 0.163 e. The molecule has 0 radical (unpaired) electrons. The van der Waals surface area contributed by atoms with E-state index in [9.17, 15) is 4.79 Å². The van der Waals surface area contributed by atoms with Gasteiger partial charge in [-0.15, -0.1) is 0 Å². The molecule has 150 valence electrons. The number of ether oxygens (including phenoxy) is 1. The first-order valence-corrected chi connectivity index (χ1v) is 10.3. The van der Waals surface area contributed by atoms with Crippen LogP contribution in [0.5, 0.6) is 5.75 Å². The van der Waals surface area contributed by atoms with Crippen LogP contribution in [0.4, 0.5) is 11.4 Å². The highest BCUT2D eigenvalue weighted by atomic mass is 16.5. The molecule has 1 aliphatic carbocycles. The van der Waals surface area contributed by atoms with Gasteiger partial charge in [0.25, 0.3) is 0 Å². The van der Waals surface area contributed by atoms with Crippen LogP contribution in [-0.4, -0.2) is 12.9 Å². The molecule has 0 saturated heterocycles. The number of para-hydroxylation sites is 2. The Kier molecular flexibility index (Phi) is 4.75. The monoisotopic (exact) mass is 396 g/mol. The van der Waals surface area contributed by atoms with Gasteiger partial charge in [-0.1, -0.05) is 54.6 Å². The van der Waals surface area contributed by atoms with Crippen LogP contribution in [0.1, 0.15) is 35.9 Å². The highest BCUT2D eigenvalue weighted by Crippen LogP contribution is 2.44. The van der Waals surface area contributed by atoms with Gasteiger partial charge in [-0.2, -0.15) is 0 Å². The van der Waals surface area contributed by atoms with Gasteiger partial charge in [-0.3, -0.25) is 4.79 Å². The van der Waals surface area contributed by atoms with Crippen LogP contribution in [0, 0.1) is 0 Å². The lowest BCUT2D eigenvalue weighted by Crippen LogP contribution is -2.26. The number of ketones is 1. The highest BCUT2D eigenvalue weighted by molar-refractivity contribution is 6.01. The summed E-state index contributed by atoms with van der Waals surface area (Å²) in [6.07, 6.45) is 1.31. The predicted octanol–water partition coefficient (Wildman–Crippen LogP) is 5.67. The number of allylic oxidation sites excluding steroid dienone is 1. The summed E-state index contributed by atoms with van der Waals surface area (Å²) in [5.74, 6) is 1.17.